The van der Waals surface area contributed by atoms with Gasteiger partial charge in [-0.25, -0.2) is 0 Å². The molecule has 0 aliphatic heterocycles. The Bertz CT molecular complexity index is 265. The SMILES string of the molecule is C1CC2CCC3CCCC4CCC(C1)C2=C34. The first-order valence-electron chi connectivity index (χ1n) is 7.67. The Balaban J connectivity index is 1.81. The van der Waals surface area contributed by atoms with Crippen LogP contribution in [0.2, 0.25) is 0 Å². The van der Waals surface area contributed by atoms with Gasteiger partial charge in [0.25, 0.3) is 0 Å². The van der Waals surface area contributed by atoms with Crippen molar-refractivity contribution in [3.63, 3.8) is 0 Å². The fourth-order valence-corrected chi connectivity index (χ4v) is 5.46. The van der Waals surface area contributed by atoms with E-state index in [-0.39, 0.29) is 0 Å². The lowest BCUT2D eigenvalue weighted by Gasteiger charge is -2.49. The Labute approximate surface area is 99.5 Å². The van der Waals surface area contributed by atoms with E-state index in [2.05, 4.69) is 0 Å². The van der Waals surface area contributed by atoms with Gasteiger partial charge < -0.3 is 0 Å². The smallest absolute Gasteiger partial charge is 0.0197 e. The van der Waals surface area contributed by atoms with Crippen LogP contribution >= 0.6 is 0 Å². The fourth-order valence-electron chi connectivity index (χ4n) is 5.46. The van der Waals surface area contributed by atoms with E-state index in [0.29, 0.717) is 0 Å². The van der Waals surface area contributed by atoms with Gasteiger partial charge in [-0.15, -0.1) is 0 Å². The van der Waals surface area contributed by atoms with Gasteiger partial charge in [0.2, 0.25) is 0 Å². The minimum Gasteiger partial charge on any atom is -0.0642 e. The van der Waals surface area contributed by atoms with Crippen molar-refractivity contribution in [2.24, 2.45) is 23.7 Å². The quantitative estimate of drug-likeness (QED) is 0.515. The minimum absolute atomic E-state index is 1.05. The second-order valence-corrected chi connectivity index (χ2v) is 6.71. The summed E-state index contributed by atoms with van der Waals surface area (Å²) in [5.74, 6) is 4.19. The van der Waals surface area contributed by atoms with Crippen LogP contribution in [0.3, 0.4) is 0 Å². The van der Waals surface area contributed by atoms with Gasteiger partial charge in [0, 0.05) is 0 Å². The number of rotatable bonds is 0. The normalized spacial score (nSPS) is 46.5. The second kappa shape index (κ2) is 3.62. The molecule has 0 saturated heterocycles. The molecule has 2 fully saturated rings. The van der Waals surface area contributed by atoms with Gasteiger partial charge in [0.15, 0.2) is 0 Å². The lowest BCUT2D eigenvalue weighted by molar-refractivity contribution is 0.202. The zero-order valence-electron chi connectivity index (χ0n) is 10.4. The van der Waals surface area contributed by atoms with Crippen molar-refractivity contribution in [2.75, 3.05) is 0 Å². The molecule has 4 aliphatic carbocycles. The Morgan fingerprint density at radius 3 is 1.06 bits per heavy atom. The van der Waals surface area contributed by atoms with E-state index in [1.165, 1.54) is 38.5 Å². The average Bonchev–Trinajstić information content (AvgIpc) is 2.36. The zero-order chi connectivity index (χ0) is 10.5. The summed E-state index contributed by atoms with van der Waals surface area (Å²) in [6.45, 7) is 0. The number of hydrogen-bond donors (Lipinski definition) is 0. The molecule has 0 heterocycles. The van der Waals surface area contributed by atoms with E-state index in [1.807, 2.05) is 11.1 Å². The lowest BCUT2D eigenvalue weighted by Crippen LogP contribution is -2.36. The highest BCUT2D eigenvalue weighted by molar-refractivity contribution is 5.32. The number of hydrogen-bond acceptors (Lipinski definition) is 0. The van der Waals surface area contributed by atoms with Crippen LogP contribution in [0.25, 0.3) is 0 Å². The van der Waals surface area contributed by atoms with Crippen molar-refractivity contribution in [3.8, 4) is 0 Å². The van der Waals surface area contributed by atoms with Gasteiger partial charge in [-0.2, -0.15) is 0 Å². The highest BCUT2D eigenvalue weighted by Gasteiger charge is 2.42. The van der Waals surface area contributed by atoms with Crippen LogP contribution in [0.15, 0.2) is 11.1 Å². The topological polar surface area (TPSA) is 0 Å². The first-order valence-corrected chi connectivity index (χ1v) is 7.67. The Morgan fingerprint density at radius 2 is 0.750 bits per heavy atom. The summed E-state index contributed by atoms with van der Waals surface area (Å²) < 4.78 is 0. The molecule has 0 aromatic heterocycles. The molecule has 0 bridgehead atoms. The second-order valence-electron chi connectivity index (χ2n) is 6.71. The largest absolute Gasteiger partial charge is 0.0642 e. The van der Waals surface area contributed by atoms with Crippen LogP contribution in [0.4, 0.5) is 0 Å². The molecule has 0 amide bonds. The first kappa shape index (κ1) is 9.74. The maximum Gasteiger partial charge on any atom is -0.0197 e. The van der Waals surface area contributed by atoms with Gasteiger partial charge >= 0.3 is 0 Å². The highest BCUT2D eigenvalue weighted by atomic mass is 14.5. The molecule has 0 heteroatoms. The average molecular weight is 216 g/mol. The lowest BCUT2D eigenvalue weighted by atomic mass is 9.56. The van der Waals surface area contributed by atoms with Crippen LogP contribution in [0, 0.1) is 23.7 Å². The molecule has 4 aliphatic rings. The molecule has 0 nitrogen and oxygen atoms in total. The Morgan fingerprint density at radius 1 is 0.438 bits per heavy atom. The van der Waals surface area contributed by atoms with Crippen LogP contribution in [-0.2, 0) is 0 Å². The third-order valence-electron chi connectivity index (χ3n) is 6.03. The number of allylic oxidation sites excluding steroid dienone is 2. The Hall–Kier alpha value is -0.260. The molecule has 0 N–H and O–H groups in total. The Kier molecular flexibility index (Phi) is 2.20. The van der Waals surface area contributed by atoms with Crippen molar-refractivity contribution in [1.29, 1.82) is 0 Å². The predicted octanol–water partition coefficient (Wildman–Crippen LogP) is 4.70. The van der Waals surface area contributed by atoms with E-state index >= 15 is 0 Å². The molecular formula is C16H24. The van der Waals surface area contributed by atoms with Crippen LogP contribution in [0.5, 0.6) is 0 Å². The van der Waals surface area contributed by atoms with Crippen molar-refractivity contribution in [1.82, 2.24) is 0 Å². The monoisotopic (exact) mass is 216 g/mol. The van der Waals surface area contributed by atoms with Crippen LogP contribution in [-0.4, -0.2) is 0 Å². The van der Waals surface area contributed by atoms with E-state index in [1.54, 1.807) is 25.7 Å². The van der Waals surface area contributed by atoms with Gasteiger partial charge in [-0.05, 0) is 75.0 Å². The van der Waals surface area contributed by atoms with Crippen molar-refractivity contribution < 1.29 is 0 Å². The molecular weight excluding hydrogens is 192 g/mol. The van der Waals surface area contributed by atoms with Gasteiger partial charge in [-0.1, -0.05) is 24.0 Å². The third-order valence-corrected chi connectivity index (χ3v) is 6.03. The molecule has 0 radical (unpaired) electrons. The summed E-state index contributed by atoms with van der Waals surface area (Å²) >= 11 is 0. The maximum atomic E-state index is 2.04. The van der Waals surface area contributed by atoms with Crippen molar-refractivity contribution in [3.05, 3.63) is 11.1 Å². The first-order chi connectivity index (χ1) is 7.93. The molecule has 4 atom stereocenters. The summed E-state index contributed by atoms with van der Waals surface area (Å²) in [6.07, 6.45) is 15.4. The van der Waals surface area contributed by atoms with E-state index in [4.69, 9.17) is 0 Å². The third kappa shape index (κ3) is 1.28. The summed E-state index contributed by atoms with van der Waals surface area (Å²) in [7, 11) is 0. The van der Waals surface area contributed by atoms with Crippen LogP contribution in [0.1, 0.15) is 64.2 Å². The fraction of sp³-hybridized carbons (Fsp3) is 0.875. The van der Waals surface area contributed by atoms with Crippen molar-refractivity contribution >= 4 is 0 Å². The van der Waals surface area contributed by atoms with Crippen LogP contribution < -0.4 is 0 Å². The predicted molar refractivity (Wildman–Crippen MR) is 67.2 cm³/mol. The summed E-state index contributed by atoms with van der Waals surface area (Å²) in [4.78, 5) is 0. The van der Waals surface area contributed by atoms with Gasteiger partial charge in [-0.3, -0.25) is 0 Å². The zero-order valence-corrected chi connectivity index (χ0v) is 10.4. The molecule has 88 valence electrons. The summed E-state index contributed by atoms with van der Waals surface area (Å²) in [5.41, 5.74) is 4.08. The molecule has 0 aromatic rings. The van der Waals surface area contributed by atoms with Gasteiger partial charge in [0.1, 0.15) is 0 Å². The van der Waals surface area contributed by atoms with E-state index in [0.717, 1.165) is 23.7 Å². The standard InChI is InChI=1S/C16H24/c1-3-11-7-9-13-5-2-6-14-10-8-12(4-1)15(11)16(13)14/h11-14H,1-10H2. The molecule has 16 heavy (non-hydrogen) atoms. The van der Waals surface area contributed by atoms with E-state index < -0.39 is 0 Å². The molecule has 4 rings (SSSR count). The molecule has 0 spiro atoms. The van der Waals surface area contributed by atoms with Gasteiger partial charge in [0.05, 0.1) is 0 Å². The summed E-state index contributed by atoms with van der Waals surface area (Å²) in [6, 6.07) is 0. The highest BCUT2D eigenvalue weighted by Crippen LogP contribution is 2.55. The minimum atomic E-state index is 1.05. The maximum absolute atomic E-state index is 2.04. The summed E-state index contributed by atoms with van der Waals surface area (Å²) in [5, 5.41) is 0. The van der Waals surface area contributed by atoms with Crippen molar-refractivity contribution in [2.45, 2.75) is 64.2 Å². The molecule has 2 saturated carbocycles. The van der Waals surface area contributed by atoms with E-state index in [9.17, 15) is 0 Å². The molecule has 4 unspecified atom stereocenters. The molecule has 0 aromatic carbocycles.